The molecule has 138 valence electrons. The van der Waals surface area contributed by atoms with Crippen LogP contribution in [0, 0.1) is 0 Å². The molecule has 0 atom stereocenters. The van der Waals surface area contributed by atoms with E-state index in [4.69, 9.17) is 4.74 Å². The second-order valence-electron chi connectivity index (χ2n) is 6.61. The SMILES string of the molecule is COc1cccc(C=CC(=O)NCc2ccccc2CN(C)C(C)C)c1. The fourth-order valence-electron chi connectivity index (χ4n) is 2.49. The number of hydrogen-bond acceptors (Lipinski definition) is 3. The predicted octanol–water partition coefficient (Wildman–Crippen LogP) is 3.87. The third-order valence-electron chi connectivity index (χ3n) is 4.39. The van der Waals surface area contributed by atoms with Gasteiger partial charge in [-0.2, -0.15) is 0 Å². The molecule has 4 heteroatoms. The fraction of sp³-hybridized carbons (Fsp3) is 0.318. The summed E-state index contributed by atoms with van der Waals surface area (Å²) < 4.78 is 5.19. The number of ether oxygens (including phenoxy) is 1. The Bertz CT molecular complexity index is 753. The van der Waals surface area contributed by atoms with Crippen molar-refractivity contribution in [3.05, 3.63) is 71.3 Å². The van der Waals surface area contributed by atoms with Gasteiger partial charge in [-0.15, -0.1) is 0 Å². The molecule has 0 radical (unpaired) electrons. The smallest absolute Gasteiger partial charge is 0.244 e. The van der Waals surface area contributed by atoms with Gasteiger partial charge in [-0.25, -0.2) is 0 Å². The average molecular weight is 352 g/mol. The van der Waals surface area contributed by atoms with Gasteiger partial charge in [-0.3, -0.25) is 9.69 Å². The number of nitrogens with one attached hydrogen (secondary N) is 1. The molecular weight excluding hydrogens is 324 g/mol. The highest BCUT2D eigenvalue weighted by Gasteiger charge is 2.08. The first-order valence-electron chi connectivity index (χ1n) is 8.86. The number of nitrogens with zero attached hydrogens (tertiary/aromatic N) is 1. The largest absolute Gasteiger partial charge is 0.497 e. The minimum absolute atomic E-state index is 0.111. The van der Waals surface area contributed by atoms with Crippen molar-refractivity contribution in [3.8, 4) is 5.75 Å². The third-order valence-corrected chi connectivity index (χ3v) is 4.39. The lowest BCUT2D eigenvalue weighted by Crippen LogP contribution is -2.27. The van der Waals surface area contributed by atoms with Crippen LogP contribution in [-0.4, -0.2) is 31.0 Å². The van der Waals surface area contributed by atoms with E-state index in [1.54, 1.807) is 19.3 Å². The van der Waals surface area contributed by atoms with Crippen molar-refractivity contribution < 1.29 is 9.53 Å². The predicted molar refractivity (Wildman–Crippen MR) is 107 cm³/mol. The van der Waals surface area contributed by atoms with Gasteiger partial charge in [0, 0.05) is 25.2 Å². The summed E-state index contributed by atoms with van der Waals surface area (Å²) >= 11 is 0. The third kappa shape index (κ3) is 6.05. The van der Waals surface area contributed by atoms with Crippen LogP contribution in [-0.2, 0) is 17.9 Å². The Morgan fingerprint density at radius 2 is 1.88 bits per heavy atom. The first kappa shape index (κ1) is 19.7. The molecule has 0 saturated heterocycles. The highest BCUT2D eigenvalue weighted by molar-refractivity contribution is 5.91. The summed E-state index contributed by atoms with van der Waals surface area (Å²) in [6, 6.07) is 16.3. The Labute approximate surface area is 156 Å². The van der Waals surface area contributed by atoms with Crippen LogP contribution in [0.3, 0.4) is 0 Å². The maximum atomic E-state index is 12.1. The topological polar surface area (TPSA) is 41.6 Å². The summed E-state index contributed by atoms with van der Waals surface area (Å²) in [6.07, 6.45) is 3.34. The first-order chi connectivity index (χ1) is 12.5. The number of rotatable bonds is 8. The molecular formula is C22H28N2O2. The van der Waals surface area contributed by atoms with Gasteiger partial charge in [0.05, 0.1) is 7.11 Å². The molecule has 0 spiro atoms. The Kier molecular flexibility index (Phi) is 7.42. The maximum absolute atomic E-state index is 12.1. The zero-order valence-corrected chi connectivity index (χ0v) is 16.0. The quantitative estimate of drug-likeness (QED) is 0.734. The summed E-state index contributed by atoms with van der Waals surface area (Å²) in [6.45, 7) is 5.73. The van der Waals surface area contributed by atoms with Gasteiger partial charge < -0.3 is 10.1 Å². The lowest BCUT2D eigenvalue weighted by molar-refractivity contribution is -0.116. The molecule has 4 nitrogen and oxygen atoms in total. The molecule has 2 aromatic rings. The Hall–Kier alpha value is -2.59. The fourth-order valence-corrected chi connectivity index (χ4v) is 2.49. The van der Waals surface area contributed by atoms with Gasteiger partial charge in [0.15, 0.2) is 0 Å². The van der Waals surface area contributed by atoms with Crippen LogP contribution in [0.1, 0.15) is 30.5 Å². The van der Waals surface area contributed by atoms with Gasteiger partial charge in [0.1, 0.15) is 5.75 Å². The van der Waals surface area contributed by atoms with Crippen molar-refractivity contribution in [2.24, 2.45) is 0 Å². The van der Waals surface area contributed by atoms with Gasteiger partial charge in [0.2, 0.25) is 5.91 Å². The molecule has 2 rings (SSSR count). The summed E-state index contributed by atoms with van der Waals surface area (Å²) in [5.41, 5.74) is 3.31. The molecule has 0 bridgehead atoms. The molecule has 0 aliphatic rings. The molecule has 0 fully saturated rings. The lowest BCUT2D eigenvalue weighted by Gasteiger charge is -2.22. The maximum Gasteiger partial charge on any atom is 0.244 e. The van der Waals surface area contributed by atoms with Crippen molar-refractivity contribution in [1.82, 2.24) is 10.2 Å². The van der Waals surface area contributed by atoms with Crippen molar-refractivity contribution in [3.63, 3.8) is 0 Å². The van der Waals surface area contributed by atoms with Crippen LogP contribution in [0.25, 0.3) is 6.08 Å². The number of methoxy groups -OCH3 is 1. The van der Waals surface area contributed by atoms with E-state index < -0.39 is 0 Å². The highest BCUT2D eigenvalue weighted by Crippen LogP contribution is 2.14. The molecule has 1 N–H and O–H groups in total. The van der Waals surface area contributed by atoms with Crippen molar-refractivity contribution in [2.75, 3.05) is 14.2 Å². The van der Waals surface area contributed by atoms with E-state index in [0.717, 1.165) is 23.4 Å². The molecule has 0 saturated carbocycles. The number of amides is 1. The van der Waals surface area contributed by atoms with Crippen molar-refractivity contribution in [1.29, 1.82) is 0 Å². The lowest BCUT2D eigenvalue weighted by atomic mass is 10.1. The molecule has 0 aliphatic carbocycles. The average Bonchev–Trinajstić information content (AvgIpc) is 2.65. The van der Waals surface area contributed by atoms with Crippen molar-refractivity contribution in [2.45, 2.75) is 33.0 Å². The van der Waals surface area contributed by atoms with Crippen LogP contribution in [0.4, 0.5) is 0 Å². The molecule has 0 aromatic heterocycles. The van der Waals surface area contributed by atoms with E-state index in [1.165, 1.54) is 5.56 Å². The van der Waals surface area contributed by atoms with E-state index in [9.17, 15) is 4.79 Å². The Balaban J connectivity index is 1.95. The van der Waals surface area contributed by atoms with Crippen LogP contribution in [0.2, 0.25) is 0 Å². The zero-order valence-electron chi connectivity index (χ0n) is 16.0. The first-order valence-corrected chi connectivity index (χ1v) is 8.86. The summed E-state index contributed by atoms with van der Waals surface area (Å²) in [7, 11) is 3.74. The summed E-state index contributed by atoms with van der Waals surface area (Å²) in [4.78, 5) is 14.4. The van der Waals surface area contributed by atoms with Crippen LogP contribution < -0.4 is 10.1 Å². The molecule has 0 aliphatic heterocycles. The summed E-state index contributed by atoms with van der Waals surface area (Å²) in [5, 5.41) is 2.97. The van der Waals surface area contributed by atoms with E-state index in [2.05, 4.69) is 43.2 Å². The van der Waals surface area contributed by atoms with Gasteiger partial charge >= 0.3 is 0 Å². The van der Waals surface area contributed by atoms with Gasteiger partial charge in [-0.05, 0) is 55.8 Å². The van der Waals surface area contributed by atoms with Crippen molar-refractivity contribution >= 4 is 12.0 Å². The molecule has 26 heavy (non-hydrogen) atoms. The van der Waals surface area contributed by atoms with E-state index in [0.29, 0.717) is 12.6 Å². The van der Waals surface area contributed by atoms with E-state index >= 15 is 0 Å². The van der Waals surface area contributed by atoms with E-state index in [1.807, 2.05) is 36.4 Å². The highest BCUT2D eigenvalue weighted by atomic mass is 16.5. The minimum Gasteiger partial charge on any atom is -0.497 e. The van der Waals surface area contributed by atoms with Gasteiger partial charge in [0.25, 0.3) is 0 Å². The number of carbonyl (C=O) groups excluding carboxylic acids is 1. The normalized spacial score (nSPS) is 11.3. The second-order valence-corrected chi connectivity index (χ2v) is 6.61. The molecule has 1 amide bonds. The van der Waals surface area contributed by atoms with Crippen LogP contribution in [0.5, 0.6) is 5.75 Å². The Morgan fingerprint density at radius 3 is 2.58 bits per heavy atom. The van der Waals surface area contributed by atoms with E-state index in [-0.39, 0.29) is 5.91 Å². The number of benzene rings is 2. The monoisotopic (exact) mass is 352 g/mol. The minimum atomic E-state index is -0.111. The second kappa shape index (κ2) is 9.78. The molecule has 0 unspecified atom stereocenters. The standard InChI is InChI=1S/C22H28N2O2/c1-17(2)24(3)16-20-10-6-5-9-19(20)15-23-22(25)13-12-18-8-7-11-21(14-18)26-4/h5-14,17H,15-16H2,1-4H3,(H,23,25). The molecule has 0 heterocycles. The van der Waals surface area contributed by atoms with Crippen LogP contribution in [0.15, 0.2) is 54.6 Å². The number of carbonyl (C=O) groups is 1. The Morgan fingerprint density at radius 1 is 1.15 bits per heavy atom. The van der Waals surface area contributed by atoms with Gasteiger partial charge in [-0.1, -0.05) is 36.4 Å². The van der Waals surface area contributed by atoms with Crippen LogP contribution >= 0.6 is 0 Å². The molecule has 2 aromatic carbocycles. The zero-order chi connectivity index (χ0) is 18.9. The summed E-state index contributed by atoms with van der Waals surface area (Å²) in [5.74, 6) is 0.663. The number of hydrogen-bond donors (Lipinski definition) is 1.